The van der Waals surface area contributed by atoms with E-state index in [0.717, 1.165) is 0 Å². The Morgan fingerprint density at radius 3 is 3.00 bits per heavy atom. The third-order valence-electron chi connectivity index (χ3n) is 1.12. The molecule has 0 atom stereocenters. The van der Waals surface area contributed by atoms with Crippen molar-refractivity contribution in [1.29, 1.82) is 0 Å². The van der Waals surface area contributed by atoms with E-state index in [-0.39, 0.29) is 0 Å². The summed E-state index contributed by atoms with van der Waals surface area (Å²) in [6.45, 7) is 0. The van der Waals surface area contributed by atoms with E-state index in [2.05, 4.69) is 25.9 Å². The highest BCUT2D eigenvalue weighted by Gasteiger charge is 1.94. The van der Waals surface area contributed by atoms with Gasteiger partial charge in [-0.25, -0.2) is 9.78 Å². The molecule has 0 bridgehead atoms. The molecule has 0 saturated carbocycles. The largest absolute Gasteiger partial charge is 0.385 e. The van der Waals surface area contributed by atoms with Crippen molar-refractivity contribution in [3.8, 4) is 0 Å². The molecule has 5 heteroatoms. The monoisotopic (exact) mass is 215 g/mol. The molecule has 4 nitrogen and oxygen atoms in total. The summed E-state index contributed by atoms with van der Waals surface area (Å²) in [5.41, 5.74) is 5.69. The van der Waals surface area contributed by atoms with Gasteiger partial charge in [0.15, 0.2) is 0 Å². The third-order valence-corrected chi connectivity index (χ3v) is 1.38. The molecule has 0 radical (unpaired) electrons. The smallest absolute Gasteiger partial charge is 0.346 e. The van der Waals surface area contributed by atoms with Gasteiger partial charge in [0.05, 0.1) is 0 Å². The standard InChI is InChI=1S/C6H6BrN3O/c7-2-1-4-3-9-6(11)10-5(4)8/h1-3H,(H3,8,9,10,11)/b2-1+. The number of nitrogens with one attached hydrogen (secondary N) is 1. The molecule has 0 aromatic carbocycles. The number of hydrogen-bond acceptors (Lipinski definition) is 3. The van der Waals surface area contributed by atoms with Gasteiger partial charge in [0.1, 0.15) is 5.82 Å². The molecule has 58 valence electrons. The minimum Gasteiger partial charge on any atom is -0.385 e. The second-order valence-electron chi connectivity index (χ2n) is 1.85. The summed E-state index contributed by atoms with van der Waals surface area (Å²) in [5.74, 6) is 0.320. The van der Waals surface area contributed by atoms with Gasteiger partial charge in [-0.3, -0.25) is 4.98 Å². The number of nitrogens with two attached hydrogens (primary N) is 1. The molecule has 0 aliphatic rings. The summed E-state index contributed by atoms with van der Waals surface area (Å²) >= 11 is 3.08. The van der Waals surface area contributed by atoms with Crippen LogP contribution in [0.3, 0.4) is 0 Å². The van der Waals surface area contributed by atoms with Crippen LogP contribution >= 0.6 is 15.9 Å². The molecule has 0 aliphatic carbocycles. The number of anilines is 1. The van der Waals surface area contributed by atoms with Crippen LogP contribution in [0.2, 0.25) is 0 Å². The molecule has 0 fully saturated rings. The highest BCUT2D eigenvalue weighted by Crippen LogP contribution is 2.06. The Hall–Kier alpha value is -1.10. The summed E-state index contributed by atoms with van der Waals surface area (Å²) in [5, 5.41) is 0. The molecule has 1 heterocycles. The number of aromatic amines is 1. The Labute approximate surface area is 71.3 Å². The zero-order chi connectivity index (χ0) is 8.27. The number of nitrogen functional groups attached to an aromatic ring is 1. The first kappa shape index (κ1) is 8.00. The summed E-state index contributed by atoms with van der Waals surface area (Å²) in [4.78, 5) is 18.1. The Kier molecular flexibility index (Phi) is 2.43. The van der Waals surface area contributed by atoms with Crippen molar-refractivity contribution in [2.75, 3.05) is 5.73 Å². The maximum atomic E-state index is 10.6. The Morgan fingerprint density at radius 1 is 1.73 bits per heavy atom. The van der Waals surface area contributed by atoms with Crippen LogP contribution in [0.25, 0.3) is 6.08 Å². The zero-order valence-electron chi connectivity index (χ0n) is 5.54. The predicted molar refractivity (Wildman–Crippen MR) is 47.2 cm³/mol. The summed E-state index contributed by atoms with van der Waals surface area (Å²) < 4.78 is 0. The molecule has 3 N–H and O–H groups in total. The van der Waals surface area contributed by atoms with Crippen molar-refractivity contribution in [2.45, 2.75) is 0 Å². The van der Waals surface area contributed by atoms with Crippen LogP contribution in [0, 0.1) is 0 Å². The van der Waals surface area contributed by atoms with E-state index in [1.54, 1.807) is 11.1 Å². The summed E-state index contributed by atoms with van der Waals surface area (Å²) in [6, 6.07) is 0. The quantitative estimate of drug-likeness (QED) is 0.726. The number of nitrogens with zero attached hydrogens (tertiary/aromatic N) is 1. The first-order valence-electron chi connectivity index (χ1n) is 2.85. The summed E-state index contributed by atoms with van der Waals surface area (Å²) in [7, 11) is 0. The maximum Gasteiger partial charge on any atom is 0.346 e. The van der Waals surface area contributed by atoms with Gasteiger partial charge in [-0.2, -0.15) is 0 Å². The van der Waals surface area contributed by atoms with Gasteiger partial charge in [0.25, 0.3) is 0 Å². The van der Waals surface area contributed by atoms with Gasteiger partial charge in [0.2, 0.25) is 0 Å². The first-order chi connectivity index (χ1) is 5.24. The summed E-state index contributed by atoms with van der Waals surface area (Å²) in [6.07, 6.45) is 3.10. The molecule has 1 aromatic rings. The second-order valence-corrected chi connectivity index (χ2v) is 2.38. The average molecular weight is 216 g/mol. The minimum absolute atomic E-state index is 0.320. The van der Waals surface area contributed by atoms with Gasteiger partial charge in [-0.15, -0.1) is 0 Å². The Balaban J connectivity index is 3.19. The van der Waals surface area contributed by atoms with E-state index in [4.69, 9.17) is 5.73 Å². The molecule has 0 aliphatic heterocycles. The van der Waals surface area contributed by atoms with E-state index >= 15 is 0 Å². The molecule has 0 spiro atoms. The van der Waals surface area contributed by atoms with Crippen LogP contribution in [0.4, 0.5) is 5.82 Å². The lowest BCUT2D eigenvalue weighted by Gasteiger charge is -1.95. The molecule has 11 heavy (non-hydrogen) atoms. The van der Waals surface area contributed by atoms with Crippen molar-refractivity contribution in [2.24, 2.45) is 0 Å². The molecule has 1 rings (SSSR count). The molecule has 1 aromatic heterocycles. The fraction of sp³-hybridized carbons (Fsp3) is 0. The van der Waals surface area contributed by atoms with Crippen molar-refractivity contribution in [3.63, 3.8) is 0 Å². The Morgan fingerprint density at radius 2 is 2.45 bits per heavy atom. The van der Waals surface area contributed by atoms with E-state index in [9.17, 15) is 4.79 Å². The van der Waals surface area contributed by atoms with Crippen LogP contribution in [0.5, 0.6) is 0 Å². The minimum atomic E-state index is -0.436. The molecule has 0 saturated heterocycles. The van der Waals surface area contributed by atoms with Gasteiger partial charge in [-0.1, -0.05) is 15.9 Å². The van der Waals surface area contributed by atoms with Crippen molar-refractivity contribution in [1.82, 2.24) is 9.97 Å². The normalized spacial score (nSPS) is 10.6. The third kappa shape index (κ3) is 1.91. The Bertz CT molecular complexity index is 331. The van der Waals surface area contributed by atoms with Crippen LogP contribution < -0.4 is 11.4 Å². The van der Waals surface area contributed by atoms with E-state index < -0.39 is 5.69 Å². The molecular weight excluding hydrogens is 210 g/mol. The number of aromatic nitrogens is 2. The van der Waals surface area contributed by atoms with Gasteiger partial charge >= 0.3 is 5.69 Å². The van der Waals surface area contributed by atoms with Crippen LogP contribution in [-0.4, -0.2) is 9.97 Å². The molecule has 0 amide bonds. The van der Waals surface area contributed by atoms with E-state index in [1.807, 2.05) is 0 Å². The molecule has 0 unspecified atom stereocenters. The van der Waals surface area contributed by atoms with Gasteiger partial charge in [0, 0.05) is 11.8 Å². The maximum absolute atomic E-state index is 10.6. The van der Waals surface area contributed by atoms with Crippen molar-refractivity contribution < 1.29 is 0 Å². The average Bonchev–Trinajstić information content (AvgIpc) is 1.95. The molecular formula is C6H6BrN3O. The second kappa shape index (κ2) is 3.34. The lowest BCUT2D eigenvalue weighted by Crippen LogP contribution is -2.12. The van der Waals surface area contributed by atoms with Crippen molar-refractivity contribution in [3.05, 3.63) is 27.2 Å². The fourth-order valence-electron chi connectivity index (χ4n) is 0.618. The number of H-pyrrole nitrogens is 1. The number of hydrogen-bond donors (Lipinski definition) is 2. The highest BCUT2D eigenvalue weighted by atomic mass is 79.9. The SMILES string of the molecule is Nc1[nH]c(=O)ncc1/C=C/Br. The van der Waals surface area contributed by atoms with Gasteiger partial charge < -0.3 is 5.73 Å². The van der Waals surface area contributed by atoms with E-state index in [0.29, 0.717) is 11.4 Å². The number of rotatable bonds is 1. The van der Waals surface area contributed by atoms with Crippen LogP contribution in [0.15, 0.2) is 16.0 Å². The first-order valence-corrected chi connectivity index (χ1v) is 3.77. The van der Waals surface area contributed by atoms with E-state index in [1.165, 1.54) is 6.20 Å². The topological polar surface area (TPSA) is 71.8 Å². The van der Waals surface area contributed by atoms with Crippen molar-refractivity contribution >= 4 is 27.8 Å². The predicted octanol–water partition coefficient (Wildman–Crippen LogP) is 0.718. The lowest BCUT2D eigenvalue weighted by molar-refractivity contribution is 1.08. The fourth-order valence-corrected chi connectivity index (χ4v) is 0.903. The highest BCUT2D eigenvalue weighted by molar-refractivity contribution is 9.11. The number of halogens is 1. The van der Waals surface area contributed by atoms with Crippen LogP contribution in [-0.2, 0) is 0 Å². The zero-order valence-corrected chi connectivity index (χ0v) is 7.13. The van der Waals surface area contributed by atoms with Gasteiger partial charge in [-0.05, 0) is 11.1 Å². The van der Waals surface area contributed by atoms with Crippen LogP contribution in [0.1, 0.15) is 5.56 Å². The lowest BCUT2D eigenvalue weighted by atomic mass is 10.3.